The van der Waals surface area contributed by atoms with E-state index in [9.17, 15) is 19.5 Å². The number of aromatic nitrogens is 3. The normalized spacial score (nSPS) is 26.1. The average molecular weight is 282 g/mol. The van der Waals surface area contributed by atoms with Crippen LogP contribution in [0.1, 0.15) is 32.6 Å². The van der Waals surface area contributed by atoms with Crippen molar-refractivity contribution < 1.29 is 9.90 Å². The minimum atomic E-state index is -0.878. The Morgan fingerprint density at radius 1 is 1.45 bits per heavy atom. The number of rotatable bonds is 4. The molecule has 0 bridgehead atoms. The lowest BCUT2D eigenvalue weighted by Gasteiger charge is -2.35. The number of carboxylic acid groups (broad SMARTS) is 1. The molecule has 1 aromatic rings. The van der Waals surface area contributed by atoms with E-state index in [-0.39, 0.29) is 12.4 Å². The van der Waals surface area contributed by atoms with Crippen molar-refractivity contribution in [2.45, 2.75) is 32.6 Å². The second kappa shape index (κ2) is 5.48. The van der Waals surface area contributed by atoms with Gasteiger partial charge in [-0.3, -0.25) is 14.6 Å². The molecule has 1 saturated carbocycles. The van der Waals surface area contributed by atoms with Crippen LogP contribution in [0.2, 0.25) is 0 Å². The summed E-state index contributed by atoms with van der Waals surface area (Å²) in [6.45, 7) is 2.23. The van der Waals surface area contributed by atoms with Gasteiger partial charge in [-0.05, 0) is 31.6 Å². The molecule has 0 amide bonds. The molecule has 2 rings (SSSR count). The summed E-state index contributed by atoms with van der Waals surface area (Å²) in [6.07, 6.45) is 2.84. The smallest absolute Gasteiger partial charge is 0.342 e. The fourth-order valence-electron chi connectivity index (χ4n) is 2.50. The highest BCUT2D eigenvalue weighted by atomic mass is 16.4. The largest absolute Gasteiger partial charge is 0.481 e. The van der Waals surface area contributed by atoms with E-state index in [1.54, 1.807) is 0 Å². The molecule has 1 heterocycles. The molecule has 0 aromatic carbocycles. The van der Waals surface area contributed by atoms with E-state index >= 15 is 0 Å². The van der Waals surface area contributed by atoms with Gasteiger partial charge in [-0.15, -0.1) is 5.10 Å². The summed E-state index contributed by atoms with van der Waals surface area (Å²) in [4.78, 5) is 35.9. The number of nitrogens with one attached hydrogen (secondary N) is 3. The van der Waals surface area contributed by atoms with Crippen molar-refractivity contribution >= 4 is 11.8 Å². The van der Waals surface area contributed by atoms with Crippen molar-refractivity contribution in [1.82, 2.24) is 15.2 Å². The Bertz CT molecular complexity index is 598. The molecule has 0 unspecified atom stereocenters. The number of aromatic amines is 2. The third-order valence-corrected chi connectivity index (χ3v) is 3.99. The van der Waals surface area contributed by atoms with E-state index in [0.717, 1.165) is 12.8 Å². The highest BCUT2D eigenvalue weighted by Gasteiger charge is 2.41. The minimum Gasteiger partial charge on any atom is -0.481 e. The van der Waals surface area contributed by atoms with E-state index < -0.39 is 22.6 Å². The zero-order valence-corrected chi connectivity index (χ0v) is 11.2. The Kier molecular flexibility index (Phi) is 3.91. The Labute approximate surface area is 114 Å². The first-order chi connectivity index (χ1) is 9.43. The number of H-pyrrole nitrogens is 2. The Morgan fingerprint density at radius 2 is 2.10 bits per heavy atom. The summed E-state index contributed by atoms with van der Waals surface area (Å²) in [6, 6.07) is 0. The summed E-state index contributed by atoms with van der Waals surface area (Å²) in [5.74, 6) is -0.404. The van der Waals surface area contributed by atoms with Crippen LogP contribution in [0.4, 0.5) is 5.82 Å². The maximum absolute atomic E-state index is 11.5. The number of hydrogen-bond donors (Lipinski definition) is 4. The summed E-state index contributed by atoms with van der Waals surface area (Å²) in [7, 11) is 0. The first-order valence-electron chi connectivity index (χ1n) is 6.59. The van der Waals surface area contributed by atoms with Gasteiger partial charge in [0.25, 0.3) is 5.56 Å². The van der Waals surface area contributed by atoms with Crippen LogP contribution >= 0.6 is 0 Å². The maximum atomic E-state index is 11.5. The van der Waals surface area contributed by atoms with Crippen LogP contribution in [0.15, 0.2) is 9.59 Å². The molecule has 0 spiro atoms. The maximum Gasteiger partial charge on any atom is 0.342 e. The van der Waals surface area contributed by atoms with Gasteiger partial charge >= 0.3 is 11.7 Å². The lowest BCUT2D eigenvalue weighted by molar-refractivity contribution is -0.150. The summed E-state index contributed by atoms with van der Waals surface area (Å²) < 4.78 is 0. The number of anilines is 1. The molecular formula is C12H18N4O4. The lowest BCUT2D eigenvalue weighted by atomic mass is 9.71. The quantitative estimate of drug-likeness (QED) is 0.622. The van der Waals surface area contributed by atoms with Gasteiger partial charge in [0.2, 0.25) is 5.82 Å². The van der Waals surface area contributed by atoms with E-state index in [1.165, 1.54) is 0 Å². The second-order valence-corrected chi connectivity index (χ2v) is 5.48. The van der Waals surface area contributed by atoms with Crippen molar-refractivity contribution in [1.29, 1.82) is 0 Å². The van der Waals surface area contributed by atoms with Gasteiger partial charge in [-0.2, -0.15) is 0 Å². The van der Waals surface area contributed by atoms with E-state index in [4.69, 9.17) is 0 Å². The Hall–Kier alpha value is -2.12. The standard InChI is InChI=1S/C12H18N4O4/c1-7-2-4-12(5-3-7,10(18)19)6-13-8-9(17)14-11(20)16-15-8/h7H,2-6H2,1H3,(H,13,15)(H,18,19)(H2,14,16,17,20). The molecule has 1 fully saturated rings. The number of nitrogens with zero attached hydrogens (tertiary/aromatic N) is 1. The zero-order chi connectivity index (χ0) is 14.8. The number of carboxylic acids is 1. The molecule has 8 heteroatoms. The predicted molar refractivity (Wildman–Crippen MR) is 71.7 cm³/mol. The van der Waals surface area contributed by atoms with Crippen LogP contribution < -0.4 is 16.6 Å². The van der Waals surface area contributed by atoms with Crippen LogP contribution in [0, 0.1) is 11.3 Å². The van der Waals surface area contributed by atoms with Crippen LogP contribution in [0.25, 0.3) is 0 Å². The van der Waals surface area contributed by atoms with Gasteiger partial charge in [0.15, 0.2) is 0 Å². The zero-order valence-electron chi connectivity index (χ0n) is 11.2. The van der Waals surface area contributed by atoms with Gasteiger partial charge in [0.05, 0.1) is 5.41 Å². The average Bonchev–Trinajstić information content (AvgIpc) is 2.40. The van der Waals surface area contributed by atoms with Crippen molar-refractivity contribution in [3.63, 3.8) is 0 Å². The molecule has 0 aliphatic heterocycles. The first-order valence-corrected chi connectivity index (χ1v) is 6.59. The second-order valence-electron chi connectivity index (χ2n) is 5.48. The molecule has 0 radical (unpaired) electrons. The summed E-state index contributed by atoms with van der Waals surface area (Å²) in [5, 5.41) is 17.9. The van der Waals surface area contributed by atoms with Gasteiger partial charge in [0, 0.05) is 6.54 Å². The molecule has 4 N–H and O–H groups in total. The molecule has 1 aliphatic rings. The molecule has 110 valence electrons. The van der Waals surface area contributed by atoms with Crippen LogP contribution in [0.3, 0.4) is 0 Å². The molecule has 20 heavy (non-hydrogen) atoms. The predicted octanol–water partition coefficient (Wildman–Crippen LogP) is 0.151. The third kappa shape index (κ3) is 2.89. The molecule has 0 saturated heterocycles. The van der Waals surface area contributed by atoms with Crippen LogP contribution in [-0.2, 0) is 4.79 Å². The number of hydrogen-bond acceptors (Lipinski definition) is 5. The van der Waals surface area contributed by atoms with E-state index in [0.29, 0.717) is 18.8 Å². The summed E-state index contributed by atoms with van der Waals surface area (Å²) >= 11 is 0. The Balaban J connectivity index is 2.12. The van der Waals surface area contributed by atoms with Gasteiger partial charge < -0.3 is 10.4 Å². The molecule has 0 atom stereocenters. The van der Waals surface area contributed by atoms with Gasteiger partial charge in [-0.1, -0.05) is 6.92 Å². The fourth-order valence-corrected chi connectivity index (χ4v) is 2.50. The van der Waals surface area contributed by atoms with Crippen molar-refractivity contribution in [2.24, 2.45) is 11.3 Å². The Morgan fingerprint density at radius 3 is 2.65 bits per heavy atom. The first kappa shape index (κ1) is 14.3. The summed E-state index contributed by atoms with van der Waals surface area (Å²) in [5.41, 5.74) is -2.23. The number of aliphatic carboxylic acids is 1. The van der Waals surface area contributed by atoms with E-state index in [2.05, 4.69) is 22.4 Å². The lowest BCUT2D eigenvalue weighted by Crippen LogP contribution is -2.42. The van der Waals surface area contributed by atoms with Gasteiger partial charge in [-0.25, -0.2) is 9.89 Å². The SMILES string of the molecule is CC1CCC(CNc2n[nH]c(=O)[nH]c2=O)(C(=O)O)CC1. The minimum absolute atomic E-state index is 0.0659. The van der Waals surface area contributed by atoms with E-state index in [1.807, 2.05) is 4.98 Å². The van der Waals surface area contributed by atoms with Crippen molar-refractivity contribution in [3.8, 4) is 0 Å². The topological polar surface area (TPSA) is 128 Å². The fraction of sp³-hybridized carbons (Fsp3) is 0.667. The van der Waals surface area contributed by atoms with Crippen LogP contribution in [-0.4, -0.2) is 32.8 Å². The third-order valence-electron chi connectivity index (χ3n) is 3.99. The monoisotopic (exact) mass is 282 g/mol. The molecule has 1 aromatic heterocycles. The highest BCUT2D eigenvalue weighted by Crippen LogP contribution is 2.39. The van der Waals surface area contributed by atoms with Gasteiger partial charge in [0.1, 0.15) is 0 Å². The van der Waals surface area contributed by atoms with Crippen molar-refractivity contribution in [2.75, 3.05) is 11.9 Å². The molecule has 1 aliphatic carbocycles. The molecular weight excluding hydrogens is 264 g/mol. The number of carbonyl (C=O) groups is 1. The highest BCUT2D eigenvalue weighted by molar-refractivity contribution is 5.75. The molecule has 8 nitrogen and oxygen atoms in total. The van der Waals surface area contributed by atoms with Crippen LogP contribution in [0.5, 0.6) is 0 Å². The van der Waals surface area contributed by atoms with Crippen molar-refractivity contribution in [3.05, 3.63) is 20.8 Å².